The van der Waals surface area contributed by atoms with Crippen LogP contribution < -0.4 is 5.32 Å². The number of carbonyl (C=O) groups excluding carboxylic acids is 1. The SMILES string of the molecule is O=C(NC1(c2ccc(Cl)cc2)CC1)c1cccc(Cl)c1. The number of halogens is 2. The van der Waals surface area contributed by atoms with Crippen molar-refractivity contribution in [3.63, 3.8) is 0 Å². The minimum Gasteiger partial charge on any atom is -0.343 e. The Kier molecular flexibility index (Phi) is 3.45. The van der Waals surface area contributed by atoms with Crippen molar-refractivity contribution in [1.82, 2.24) is 5.32 Å². The second-order valence-corrected chi connectivity index (χ2v) is 5.93. The van der Waals surface area contributed by atoms with E-state index in [1.54, 1.807) is 24.3 Å². The van der Waals surface area contributed by atoms with E-state index in [9.17, 15) is 4.79 Å². The van der Waals surface area contributed by atoms with Gasteiger partial charge in [0.25, 0.3) is 5.91 Å². The molecule has 1 saturated carbocycles. The van der Waals surface area contributed by atoms with E-state index in [1.807, 2.05) is 24.3 Å². The third-order valence-corrected chi connectivity index (χ3v) is 4.07. The molecule has 2 aromatic rings. The summed E-state index contributed by atoms with van der Waals surface area (Å²) in [5.74, 6) is -0.0973. The lowest BCUT2D eigenvalue weighted by Crippen LogP contribution is -2.34. The second kappa shape index (κ2) is 5.12. The fourth-order valence-corrected chi connectivity index (χ4v) is 2.62. The quantitative estimate of drug-likeness (QED) is 0.894. The molecular formula is C16H13Cl2NO. The van der Waals surface area contributed by atoms with E-state index in [4.69, 9.17) is 23.2 Å². The highest BCUT2D eigenvalue weighted by Crippen LogP contribution is 2.45. The van der Waals surface area contributed by atoms with E-state index in [0.29, 0.717) is 15.6 Å². The minimum atomic E-state index is -0.246. The van der Waals surface area contributed by atoms with Crippen LogP contribution in [0, 0.1) is 0 Å². The van der Waals surface area contributed by atoms with Crippen molar-refractivity contribution >= 4 is 29.1 Å². The van der Waals surface area contributed by atoms with Crippen LogP contribution in [0.25, 0.3) is 0 Å². The second-order valence-electron chi connectivity index (χ2n) is 5.05. The van der Waals surface area contributed by atoms with Gasteiger partial charge in [0.1, 0.15) is 0 Å². The van der Waals surface area contributed by atoms with Gasteiger partial charge in [0.15, 0.2) is 0 Å². The van der Waals surface area contributed by atoms with Gasteiger partial charge in [-0.25, -0.2) is 0 Å². The summed E-state index contributed by atoms with van der Waals surface area (Å²) < 4.78 is 0. The van der Waals surface area contributed by atoms with Gasteiger partial charge < -0.3 is 5.32 Å². The van der Waals surface area contributed by atoms with Crippen LogP contribution in [0.5, 0.6) is 0 Å². The number of carbonyl (C=O) groups is 1. The van der Waals surface area contributed by atoms with Crippen molar-refractivity contribution in [3.05, 3.63) is 69.7 Å². The summed E-state index contributed by atoms with van der Waals surface area (Å²) in [4.78, 5) is 12.3. The lowest BCUT2D eigenvalue weighted by molar-refractivity contribution is 0.0931. The fourth-order valence-electron chi connectivity index (χ4n) is 2.30. The molecule has 0 aliphatic heterocycles. The Hall–Kier alpha value is -1.51. The molecule has 1 N–H and O–H groups in total. The van der Waals surface area contributed by atoms with E-state index >= 15 is 0 Å². The number of rotatable bonds is 3. The van der Waals surface area contributed by atoms with Crippen LogP contribution >= 0.6 is 23.2 Å². The van der Waals surface area contributed by atoms with Crippen LogP contribution in [0.2, 0.25) is 10.0 Å². The molecule has 1 aliphatic carbocycles. The maximum absolute atomic E-state index is 12.3. The highest BCUT2D eigenvalue weighted by molar-refractivity contribution is 6.31. The van der Waals surface area contributed by atoms with E-state index in [-0.39, 0.29) is 11.4 Å². The Bertz CT molecular complexity index is 648. The average molecular weight is 306 g/mol. The molecule has 1 amide bonds. The predicted octanol–water partition coefficient (Wildman–Crippen LogP) is 4.41. The fraction of sp³-hybridized carbons (Fsp3) is 0.188. The lowest BCUT2D eigenvalue weighted by atomic mass is 10.0. The van der Waals surface area contributed by atoms with Crippen molar-refractivity contribution in [3.8, 4) is 0 Å². The number of hydrogen-bond acceptors (Lipinski definition) is 1. The van der Waals surface area contributed by atoms with Gasteiger partial charge in [-0.1, -0.05) is 41.4 Å². The summed E-state index contributed by atoms with van der Waals surface area (Å²) in [6.07, 6.45) is 1.89. The van der Waals surface area contributed by atoms with Gasteiger partial charge >= 0.3 is 0 Å². The van der Waals surface area contributed by atoms with Gasteiger partial charge in [-0.2, -0.15) is 0 Å². The summed E-state index contributed by atoms with van der Waals surface area (Å²) in [5, 5.41) is 4.37. The normalized spacial score (nSPS) is 15.7. The monoisotopic (exact) mass is 305 g/mol. The summed E-state index contributed by atoms with van der Waals surface area (Å²) in [6, 6.07) is 14.6. The van der Waals surface area contributed by atoms with E-state index in [2.05, 4.69) is 5.32 Å². The molecule has 0 heterocycles. The van der Waals surface area contributed by atoms with E-state index < -0.39 is 0 Å². The zero-order valence-electron chi connectivity index (χ0n) is 10.7. The Morgan fingerprint density at radius 2 is 1.70 bits per heavy atom. The number of amides is 1. The molecule has 1 aliphatic rings. The molecule has 1 fully saturated rings. The van der Waals surface area contributed by atoms with Crippen LogP contribution in [0.1, 0.15) is 28.8 Å². The topological polar surface area (TPSA) is 29.1 Å². The van der Waals surface area contributed by atoms with Crippen LogP contribution in [-0.2, 0) is 5.54 Å². The third kappa shape index (κ3) is 2.67. The highest BCUT2D eigenvalue weighted by Gasteiger charge is 2.45. The largest absolute Gasteiger partial charge is 0.343 e. The summed E-state index contributed by atoms with van der Waals surface area (Å²) in [5.41, 5.74) is 1.43. The maximum atomic E-state index is 12.3. The number of benzene rings is 2. The zero-order valence-corrected chi connectivity index (χ0v) is 12.2. The Morgan fingerprint density at radius 3 is 2.30 bits per heavy atom. The zero-order chi connectivity index (χ0) is 14.2. The molecule has 0 atom stereocenters. The highest BCUT2D eigenvalue weighted by atomic mass is 35.5. The molecule has 20 heavy (non-hydrogen) atoms. The van der Waals surface area contributed by atoms with Gasteiger partial charge in [-0.3, -0.25) is 4.79 Å². The first-order chi connectivity index (χ1) is 9.59. The average Bonchev–Trinajstić information content (AvgIpc) is 3.20. The van der Waals surface area contributed by atoms with Gasteiger partial charge in [-0.15, -0.1) is 0 Å². The van der Waals surface area contributed by atoms with Gasteiger partial charge in [0.2, 0.25) is 0 Å². The summed E-state index contributed by atoms with van der Waals surface area (Å²) >= 11 is 11.8. The van der Waals surface area contributed by atoms with Crippen LogP contribution in [-0.4, -0.2) is 5.91 Å². The molecule has 2 aromatic carbocycles. The molecule has 3 rings (SSSR count). The van der Waals surface area contributed by atoms with Crippen molar-refractivity contribution < 1.29 is 4.79 Å². The van der Waals surface area contributed by atoms with Crippen LogP contribution in [0.4, 0.5) is 0 Å². The standard InChI is InChI=1S/C16H13Cl2NO/c17-13-6-4-12(5-7-13)16(8-9-16)19-15(20)11-2-1-3-14(18)10-11/h1-7,10H,8-9H2,(H,19,20). The first-order valence-electron chi connectivity index (χ1n) is 6.43. The third-order valence-electron chi connectivity index (χ3n) is 3.59. The van der Waals surface area contributed by atoms with Gasteiger partial charge in [0.05, 0.1) is 5.54 Å². The first-order valence-corrected chi connectivity index (χ1v) is 7.19. The molecule has 102 valence electrons. The van der Waals surface area contributed by atoms with Gasteiger partial charge in [0, 0.05) is 15.6 Å². The number of hydrogen-bond donors (Lipinski definition) is 1. The summed E-state index contributed by atoms with van der Waals surface area (Å²) in [6.45, 7) is 0. The molecule has 0 unspecified atom stereocenters. The number of nitrogens with one attached hydrogen (secondary N) is 1. The molecule has 0 aromatic heterocycles. The van der Waals surface area contributed by atoms with Crippen molar-refractivity contribution in [2.75, 3.05) is 0 Å². The molecule has 0 bridgehead atoms. The molecule has 0 saturated heterocycles. The molecule has 2 nitrogen and oxygen atoms in total. The Balaban J connectivity index is 1.80. The Labute approximate surface area is 127 Å². The van der Waals surface area contributed by atoms with Crippen molar-refractivity contribution in [2.24, 2.45) is 0 Å². The molecule has 0 radical (unpaired) electrons. The minimum absolute atomic E-state index is 0.0973. The molecular weight excluding hydrogens is 293 g/mol. The molecule has 0 spiro atoms. The van der Waals surface area contributed by atoms with E-state index in [1.165, 1.54) is 0 Å². The summed E-state index contributed by atoms with van der Waals surface area (Å²) in [7, 11) is 0. The predicted molar refractivity (Wildman–Crippen MR) is 81.3 cm³/mol. The lowest BCUT2D eigenvalue weighted by Gasteiger charge is -2.18. The van der Waals surface area contributed by atoms with Crippen LogP contribution in [0.3, 0.4) is 0 Å². The molecule has 4 heteroatoms. The smallest absolute Gasteiger partial charge is 0.252 e. The van der Waals surface area contributed by atoms with Gasteiger partial charge in [-0.05, 0) is 48.7 Å². The van der Waals surface area contributed by atoms with Crippen molar-refractivity contribution in [1.29, 1.82) is 0 Å². The Morgan fingerprint density at radius 1 is 1.00 bits per heavy atom. The maximum Gasteiger partial charge on any atom is 0.252 e. The van der Waals surface area contributed by atoms with Crippen LogP contribution in [0.15, 0.2) is 48.5 Å². The van der Waals surface area contributed by atoms with E-state index in [0.717, 1.165) is 18.4 Å². The first kappa shape index (κ1) is 13.5. The van der Waals surface area contributed by atoms with Crippen molar-refractivity contribution in [2.45, 2.75) is 18.4 Å².